The van der Waals surface area contributed by atoms with Crippen LogP contribution in [0.25, 0.3) is 47.9 Å². The molecule has 0 aliphatic rings. The average Bonchev–Trinajstić information content (AvgIpc) is 3.28. The Labute approximate surface area is 178 Å². The first-order valence-electron chi connectivity index (χ1n) is 10.2. The van der Waals surface area contributed by atoms with Gasteiger partial charge in [-0.1, -0.05) is 75.4 Å². The standard InChI is InChI=1S/C26H21N3S/c1-26(2,3)25-27-23(22-18-12-6-9-15-21(18)30-24(22)28-25)29-19-13-7-4-10-16(19)17-11-5-8-14-20(17)29/h4-15H,1-3H3. The van der Waals surface area contributed by atoms with Gasteiger partial charge in [-0.05, 0) is 18.2 Å². The Hall–Kier alpha value is -3.24. The van der Waals surface area contributed by atoms with Crippen LogP contribution in [0.2, 0.25) is 0 Å². The zero-order valence-corrected chi connectivity index (χ0v) is 18.0. The van der Waals surface area contributed by atoms with Crippen molar-refractivity contribution in [3.05, 3.63) is 78.6 Å². The maximum absolute atomic E-state index is 5.20. The molecule has 30 heavy (non-hydrogen) atoms. The summed E-state index contributed by atoms with van der Waals surface area (Å²) in [4.78, 5) is 11.3. The smallest absolute Gasteiger partial charge is 0.150 e. The fraction of sp³-hybridized carbons (Fsp3) is 0.154. The average molecular weight is 408 g/mol. The highest BCUT2D eigenvalue weighted by Crippen LogP contribution is 2.40. The van der Waals surface area contributed by atoms with Crippen molar-refractivity contribution in [2.24, 2.45) is 0 Å². The maximum Gasteiger partial charge on any atom is 0.150 e. The summed E-state index contributed by atoms with van der Waals surface area (Å²) in [5, 5.41) is 4.85. The summed E-state index contributed by atoms with van der Waals surface area (Å²) in [5.74, 6) is 1.85. The van der Waals surface area contributed by atoms with Crippen LogP contribution in [0.15, 0.2) is 72.8 Å². The van der Waals surface area contributed by atoms with Gasteiger partial charge in [0.2, 0.25) is 0 Å². The van der Waals surface area contributed by atoms with Crippen molar-refractivity contribution in [1.29, 1.82) is 0 Å². The molecule has 0 N–H and O–H groups in total. The second-order valence-corrected chi connectivity index (χ2v) is 9.80. The number of rotatable bonds is 1. The molecule has 3 heterocycles. The first-order chi connectivity index (χ1) is 14.5. The minimum atomic E-state index is -0.141. The third kappa shape index (κ3) is 2.44. The third-order valence-electron chi connectivity index (χ3n) is 5.68. The molecule has 4 heteroatoms. The molecule has 3 aromatic carbocycles. The lowest BCUT2D eigenvalue weighted by atomic mass is 9.95. The number of para-hydroxylation sites is 2. The molecule has 146 valence electrons. The molecular weight excluding hydrogens is 386 g/mol. The molecule has 0 aliphatic heterocycles. The summed E-state index contributed by atoms with van der Waals surface area (Å²) in [6.45, 7) is 6.53. The van der Waals surface area contributed by atoms with Crippen molar-refractivity contribution < 1.29 is 0 Å². The van der Waals surface area contributed by atoms with Crippen molar-refractivity contribution in [1.82, 2.24) is 14.5 Å². The van der Waals surface area contributed by atoms with Gasteiger partial charge < -0.3 is 0 Å². The maximum atomic E-state index is 5.20. The van der Waals surface area contributed by atoms with E-state index in [0.29, 0.717) is 0 Å². The van der Waals surface area contributed by atoms with Crippen molar-refractivity contribution in [3.63, 3.8) is 0 Å². The highest BCUT2D eigenvalue weighted by Gasteiger charge is 2.24. The van der Waals surface area contributed by atoms with Crippen LogP contribution < -0.4 is 0 Å². The Morgan fingerprint density at radius 2 is 1.27 bits per heavy atom. The summed E-state index contributed by atoms with van der Waals surface area (Å²) in [5.41, 5.74) is 2.21. The van der Waals surface area contributed by atoms with Crippen LogP contribution in [-0.2, 0) is 5.41 Å². The Morgan fingerprint density at radius 1 is 0.700 bits per heavy atom. The van der Waals surface area contributed by atoms with E-state index in [1.807, 2.05) is 0 Å². The molecule has 6 rings (SSSR count). The van der Waals surface area contributed by atoms with Crippen LogP contribution in [0.1, 0.15) is 26.6 Å². The highest BCUT2D eigenvalue weighted by molar-refractivity contribution is 7.25. The van der Waals surface area contributed by atoms with Crippen LogP contribution in [-0.4, -0.2) is 14.5 Å². The van der Waals surface area contributed by atoms with Gasteiger partial charge in [0.05, 0.1) is 16.4 Å². The Kier molecular flexibility index (Phi) is 3.60. The number of nitrogens with zero attached hydrogens (tertiary/aromatic N) is 3. The zero-order chi connectivity index (χ0) is 20.5. The van der Waals surface area contributed by atoms with Crippen LogP contribution in [0.5, 0.6) is 0 Å². The summed E-state index contributed by atoms with van der Waals surface area (Å²) >= 11 is 1.75. The molecule has 0 bridgehead atoms. The van der Waals surface area contributed by atoms with Crippen molar-refractivity contribution in [2.45, 2.75) is 26.2 Å². The van der Waals surface area contributed by atoms with E-state index in [1.54, 1.807) is 11.3 Å². The number of aromatic nitrogens is 3. The molecule has 3 aromatic heterocycles. The topological polar surface area (TPSA) is 30.7 Å². The molecule has 0 aliphatic carbocycles. The summed E-state index contributed by atoms with van der Waals surface area (Å²) in [7, 11) is 0. The summed E-state index contributed by atoms with van der Waals surface area (Å²) < 4.78 is 3.57. The lowest BCUT2D eigenvalue weighted by Crippen LogP contribution is -2.17. The van der Waals surface area contributed by atoms with E-state index in [2.05, 4.69) is 98.1 Å². The fourth-order valence-corrected chi connectivity index (χ4v) is 5.32. The third-order valence-corrected chi connectivity index (χ3v) is 6.75. The Balaban J connectivity index is 1.87. The summed E-state index contributed by atoms with van der Waals surface area (Å²) in [6.07, 6.45) is 0. The molecule has 0 saturated carbocycles. The van der Waals surface area contributed by atoms with E-state index in [9.17, 15) is 0 Å². The molecular formula is C26H21N3S. The minimum Gasteiger partial charge on any atom is -0.293 e. The van der Waals surface area contributed by atoms with E-state index in [1.165, 1.54) is 31.9 Å². The van der Waals surface area contributed by atoms with Gasteiger partial charge in [0.1, 0.15) is 10.7 Å². The Bertz CT molecular complexity index is 1530. The number of hydrogen-bond donors (Lipinski definition) is 0. The molecule has 3 nitrogen and oxygen atoms in total. The van der Waals surface area contributed by atoms with Crippen molar-refractivity contribution in [2.75, 3.05) is 0 Å². The molecule has 0 saturated heterocycles. The summed E-state index contributed by atoms with van der Waals surface area (Å²) in [6, 6.07) is 25.7. The molecule has 0 spiro atoms. The van der Waals surface area contributed by atoms with Gasteiger partial charge in [-0.3, -0.25) is 4.57 Å². The van der Waals surface area contributed by atoms with Crippen LogP contribution in [0, 0.1) is 0 Å². The molecule has 0 atom stereocenters. The minimum absolute atomic E-state index is 0.141. The zero-order valence-electron chi connectivity index (χ0n) is 17.2. The van der Waals surface area contributed by atoms with Gasteiger partial charge >= 0.3 is 0 Å². The van der Waals surface area contributed by atoms with Crippen molar-refractivity contribution >= 4 is 53.4 Å². The normalized spacial score (nSPS) is 12.5. The predicted octanol–water partition coefficient (Wildman–Crippen LogP) is 7.24. The van der Waals surface area contributed by atoms with E-state index in [-0.39, 0.29) is 5.41 Å². The number of fused-ring (bicyclic) bond motifs is 6. The number of hydrogen-bond acceptors (Lipinski definition) is 3. The van der Waals surface area contributed by atoms with Gasteiger partial charge in [-0.2, -0.15) is 0 Å². The van der Waals surface area contributed by atoms with Crippen LogP contribution in [0.3, 0.4) is 0 Å². The van der Waals surface area contributed by atoms with Crippen LogP contribution >= 0.6 is 11.3 Å². The van der Waals surface area contributed by atoms with E-state index in [4.69, 9.17) is 9.97 Å². The van der Waals surface area contributed by atoms with E-state index < -0.39 is 0 Å². The highest BCUT2D eigenvalue weighted by atomic mass is 32.1. The fourth-order valence-electron chi connectivity index (χ4n) is 4.25. The van der Waals surface area contributed by atoms with Gasteiger partial charge in [0.15, 0.2) is 5.82 Å². The number of thiophene rings is 1. The first-order valence-corrected chi connectivity index (χ1v) is 11.0. The van der Waals surface area contributed by atoms with E-state index >= 15 is 0 Å². The van der Waals surface area contributed by atoms with Crippen molar-refractivity contribution in [3.8, 4) is 5.82 Å². The van der Waals surface area contributed by atoms with Gasteiger partial charge in [0, 0.05) is 26.3 Å². The molecule has 0 amide bonds. The SMILES string of the molecule is CC(C)(C)c1nc(-n2c3ccccc3c3ccccc32)c2c(n1)sc1ccccc12. The monoisotopic (exact) mass is 407 g/mol. The second-order valence-electron chi connectivity index (χ2n) is 8.77. The lowest BCUT2D eigenvalue weighted by molar-refractivity contribution is 0.547. The molecule has 6 aromatic rings. The van der Waals surface area contributed by atoms with E-state index in [0.717, 1.165) is 21.9 Å². The Morgan fingerprint density at radius 3 is 1.90 bits per heavy atom. The predicted molar refractivity (Wildman–Crippen MR) is 128 cm³/mol. The quantitative estimate of drug-likeness (QED) is 0.288. The number of benzene rings is 3. The molecule has 0 fully saturated rings. The molecule has 0 unspecified atom stereocenters. The van der Waals surface area contributed by atoms with Gasteiger partial charge in [0.25, 0.3) is 0 Å². The van der Waals surface area contributed by atoms with Crippen LogP contribution in [0.4, 0.5) is 0 Å². The van der Waals surface area contributed by atoms with Gasteiger partial charge in [-0.25, -0.2) is 9.97 Å². The molecule has 0 radical (unpaired) electrons. The first kappa shape index (κ1) is 17.6. The second kappa shape index (κ2) is 6.13. The van der Waals surface area contributed by atoms with Gasteiger partial charge in [-0.15, -0.1) is 11.3 Å². The largest absolute Gasteiger partial charge is 0.293 e. The lowest BCUT2D eigenvalue weighted by Gasteiger charge is -2.18.